The summed E-state index contributed by atoms with van der Waals surface area (Å²) in [6.07, 6.45) is 0. The van der Waals surface area contributed by atoms with Crippen LogP contribution in [0.3, 0.4) is 0 Å². The molecule has 0 amide bonds. The molecule has 2 nitrogen and oxygen atoms in total. The van der Waals surface area contributed by atoms with Gasteiger partial charge in [0.2, 0.25) is 0 Å². The molecule has 3 heteroatoms. The highest BCUT2D eigenvalue weighted by atomic mass is 19.1. The maximum atomic E-state index is 12.3. The first-order chi connectivity index (χ1) is 6.57. The van der Waals surface area contributed by atoms with Gasteiger partial charge < -0.3 is 4.74 Å². The van der Waals surface area contributed by atoms with Crippen LogP contribution in [0.15, 0.2) is 24.3 Å². The predicted molar refractivity (Wildman–Crippen MR) is 53.4 cm³/mol. The van der Waals surface area contributed by atoms with Crippen LogP contribution in [0.25, 0.3) is 0 Å². The fraction of sp³-hybridized carbons (Fsp3) is 0.364. The third-order valence-electron chi connectivity index (χ3n) is 1.42. The largest absolute Gasteiger partial charge is 0.466 e. The van der Waals surface area contributed by atoms with Crippen molar-refractivity contribution in [3.05, 3.63) is 35.6 Å². The lowest BCUT2D eigenvalue weighted by Gasteiger charge is -1.89. The van der Waals surface area contributed by atoms with Gasteiger partial charge in [-0.3, -0.25) is 4.79 Å². The molecule has 0 unspecified atom stereocenters. The van der Waals surface area contributed by atoms with E-state index < -0.39 is 0 Å². The summed E-state index contributed by atoms with van der Waals surface area (Å²) in [7, 11) is 0. The minimum atomic E-state index is -0.211. The summed E-state index contributed by atoms with van der Waals surface area (Å²) in [5.74, 6) is -0.343. The zero-order valence-corrected chi connectivity index (χ0v) is 8.71. The second-order valence-electron chi connectivity index (χ2n) is 2.67. The van der Waals surface area contributed by atoms with E-state index in [-0.39, 0.29) is 11.8 Å². The van der Waals surface area contributed by atoms with Crippen LogP contribution in [-0.4, -0.2) is 12.6 Å². The highest BCUT2D eigenvalue weighted by Crippen LogP contribution is 2.01. The molecule has 78 valence electrons. The zero-order chi connectivity index (χ0) is 11.0. The van der Waals surface area contributed by atoms with Crippen LogP contribution in [0.5, 0.6) is 0 Å². The number of hydrogen-bond acceptors (Lipinski definition) is 2. The van der Waals surface area contributed by atoms with Crippen LogP contribution < -0.4 is 0 Å². The molecule has 0 bridgehead atoms. The molecule has 0 aliphatic carbocycles. The molecule has 0 radical (unpaired) electrons. The molecule has 1 aromatic rings. The minimum Gasteiger partial charge on any atom is -0.466 e. The van der Waals surface area contributed by atoms with E-state index in [1.54, 1.807) is 26.0 Å². The summed E-state index contributed by atoms with van der Waals surface area (Å²) >= 11 is 0. The van der Waals surface area contributed by atoms with Crippen LogP contribution in [0.2, 0.25) is 0 Å². The SMILES string of the molecule is CCOC(C)=O.Cc1ccccc1F. The Bertz CT molecular complexity index is 263. The van der Waals surface area contributed by atoms with Gasteiger partial charge in [0.15, 0.2) is 0 Å². The number of halogens is 1. The van der Waals surface area contributed by atoms with Gasteiger partial charge in [-0.25, -0.2) is 4.39 Å². The zero-order valence-electron chi connectivity index (χ0n) is 8.71. The van der Waals surface area contributed by atoms with Crippen LogP contribution >= 0.6 is 0 Å². The van der Waals surface area contributed by atoms with E-state index in [9.17, 15) is 9.18 Å². The Hall–Kier alpha value is -1.38. The quantitative estimate of drug-likeness (QED) is 0.648. The number of esters is 1. The lowest BCUT2D eigenvalue weighted by molar-refractivity contribution is -0.140. The first-order valence-corrected chi connectivity index (χ1v) is 4.42. The van der Waals surface area contributed by atoms with E-state index in [4.69, 9.17) is 0 Å². The molecule has 0 aliphatic heterocycles. The van der Waals surface area contributed by atoms with Crippen molar-refractivity contribution in [1.29, 1.82) is 0 Å². The maximum absolute atomic E-state index is 12.3. The van der Waals surface area contributed by atoms with E-state index in [0.717, 1.165) is 0 Å². The van der Waals surface area contributed by atoms with E-state index in [1.807, 2.05) is 6.07 Å². The predicted octanol–water partition coefficient (Wildman–Crippen LogP) is 2.70. The summed E-state index contributed by atoms with van der Waals surface area (Å²) in [6.45, 7) is 5.40. The monoisotopic (exact) mass is 198 g/mol. The summed E-state index contributed by atoms with van der Waals surface area (Å²) < 4.78 is 16.7. The molecule has 0 atom stereocenters. The molecular weight excluding hydrogens is 183 g/mol. The fourth-order valence-corrected chi connectivity index (χ4v) is 0.754. The molecule has 14 heavy (non-hydrogen) atoms. The van der Waals surface area contributed by atoms with Gasteiger partial charge in [0.05, 0.1) is 6.61 Å². The van der Waals surface area contributed by atoms with Crippen LogP contribution in [0.1, 0.15) is 19.4 Å². The third kappa shape index (κ3) is 6.17. The molecule has 0 heterocycles. The van der Waals surface area contributed by atoms with Crippen molar-refractivity contribution >= 4 is 5.97 Å². The van der Waals surface area contributed by atoms with Crippen LogP contribution in [0, 0.1) is 12.7 Å². The summed E-state index contributed by atoms with van der Waals surface area (Å²) in [5.41, 5.74) is 0.701. The Morgan fingerprint density at radius 2 is 2.00 bits per heavy atom. The molecule has 0 spiro atoms. The summed E-state index contributed by atoms with van der Waals surface area (Å²) in [6, 6.07) is 6.70. The van der Waals surface area contributed by atoms with Crippen molar-refractivity contribution in [1.82, 2.24) is 0 Å². The first-order valence-electron chi connectivity index (χ1n) is 4.42. The number of carbonyl (C=O) groups excluding carboxylic acids is 1. The molecule has 0 N–H and O–H groups in total. The second-order valence-corrected chi connectivity index (χ2v) is 2.67. The molecular formula is C11H15FO2. The number of benzene rings is 1. The van der Waals surface area contributed by atoms with Crippen molar-refractivity contribution in [3.63, 3.8) is 0 Å². The van der Waals surface area contributed by atoms with Gasteiger partial charge in [-0.15, -0.1) is 0 Å². The van der Waals surface area contributed by atoms with Crippen LogP contribution in [-0.2, 0) is 9.53 Å². The van der Waals surface area contributed by atoms with Gasteiger partial charge in [-0.05, 0) is 25.5 Å². The van der Waals surface area contributed by atoms with E-state index in [2.05, 4.69) is 4.74 Å². The highest BCUT2D eigenvalue weighted by Gasteiger charge is 1.88. The second kappa shape index (κ2) is 7.06. The smallest absolute Gasteiger partial charge is 0.302 e. The Labute approximate surface area is 83.7 Å². The van der Waals surface area contributed by atoms with Gasteiger partial charge >= 0.3 is 5.97 Å². The Morgan fingerprint density at radius 1 is 1.43 bits per heavy atom. The average Bonchev–Trinajstić information content (AvgIpc) is 2.11. The maximum Gasteiger partial charge on any atom is 0.302 e. The molecule has 0 saturated heterocycles. The Morgan fingerprint density at radius 3 is 2.21 bits per heavy atom. The standard InChI is InChI=1S/C7H7F.C4H8O2/c1-6-4-2-3-5-7(6)8;1-3-6-4(2)5/h2-5H,1H3;3H2,1-2H3. The van der Waals surface area contributed by atoms with Gasteiger partial charge in [0, 0.05) is 6.92 Å². The number of carbonyl (C=O) groups is 1. The lowest BCUT2D eigenvalue weighted by atomic mass is 10.2. The first kappa shape index (κ1) is 12.6. The van der Waals surface area contributed by atoms with Crippen molar-refractivity contribution in [2.45, 2.75) is 20.8 Å². The van der Waals surface area contributed by atoms with Crippen molar-refractivity contribution in [3.8, 4) is 0 Å². The van der Waals surface area contributed by atoms with Gasteiger partial charge in [-0.1, -0.05) is 18.2 Å². The van der Waals surface area contributed by atoms with Crippen molar-refractivity contribution < 1.29 is 13.9 Å². The lowest BCUT2D eigenvalue weighted by Crippen LogP contribution is -1.95. The highest BCUT2D eigenvalue weighted by molar-refractivity contribution is 5.65. The molecule has 0 aliphatic rings. The molecule has 1 rings (SSSR count). The minimum absolute atomic E-state index is 0.132. The van der Waals surface area contributed by atoms with Gasteiger partial charge in [-0.2, -0.15) is 0 Å². The Kier molecular flexibility index (Phi) is 6.37. The van der Waals surface area contributed by atoms with Crippen LogP contribution in [0.4, 0.5) is 4.39 Å². The van der Waals surface area contributed by atoms with E-state index in [0.29, 0.717) is 12.2 Å². The van der Waals surface area contributed by atoms with Gasteiger partial charge in [0.25, 0.3) is 0 Å². The van der Waals surface area contributed by atoms with Crippen molar-refractivity contribution in [2.75, 3.05) is 6.61 Å². The Balaban J connectivity index is 0.000000255. The average molecular weight is 198 g/mol. The normalized spacial score (nSPS) is 8.57. The summed E-state index contributed by atoms with van der Waals surface area (Å²) in [5, 5.41) is 0. The van der Waals surface area contributed by atoms with Crippen molar-refractivity contribution in [2.24, 2.45) is 0 Å². The fourth-order valence-electron chi connectivity index (χ4n) is 0.754. The third-order valence-corrected chi connectivity index (χ3v) is 1.42. The molecule has 1 aromatic carbocycles. The number of hydrogen-bond donors (Lipinski definition) is 0. The molecule has 0 fully saturated rings. The number of aryl methyl sites for hydroxylation is 1. The topological polar surface area (TPSA) is 26.3 Å². The van der Waals surface area contributed by atoms with Gasteiger partial charge in [0.1, 0.15) is 5.82 Å². The summed E-state index contributed by atoms with van der Waals surface area (Å²) in [4.78, 5) is 9.82. The van der Waals surface area contributed by atoms with E-state index >= 15 is 0 Å². The van der Waals surface area contributed by atoms with E-state index in [1.165, 1.54) is 13.0 Å². The number of ether oxygens (including phenoxy) is 1. The molecule has 0 saturated carbocycles. The molecule has 0 aromatic heterocycles. The number of rotatable bonds is 1.